The summed E-state index contributed by atoms with van der Waals surface area (Å²) in [6.45, 7) is 3.54. The zero-order chi connectivity index (χ0) is 18.3. The van der Waals surface area contributed by atoms with Gasteiger partial charge >= 0.3 is 0 Å². The fourth-order valence-corrected chi connectivity index (χ4v) is 6.76. The van der Waals surface area contributed by atoms with Gasteiger partial charge in [-0.05, 0) is 74.8 Å². The van der Waals surface area contributed by atoms with Gasteiger partial charge in [0.25, 0.3) is 0 Å². The molecule has 0 radical (unpaired) electrons. The summed E-state index contributed by atoms with van der Waals surface area (Å²) in [5.41, 5.74) is 0.977. The summed E-state index contributed by atoms with van der Waals surface area (Å²) in [5.74, 6) is 2.12. The van der Waals surface area contributed by atoms with Crippen molar-refractivity contribution in [3.8, 4) is 0 Å². The van der Waals surface area contributed by atoms with Gasteiger partial charge in [0, 0.05) is 12.6 Å². The Morgan fingerprint density at radius 1 is 1.11 bits per heavy atom. The molecular formula is C23H34N2O2. The van der Waals surface area contributed by atoms with E-state index in [0.717, 1.165) is 44.9 Å². The molecule has 3 N–H and O–H groups in total. The van der Waals surface area contributed by atoms with Crippen molar-refractivity contribution < 1.29 is 9.84 Å². The van der Waals surface area contributed by atoms with Crippen LogP contribution in [-0.2, 0) is 11.3 Å². The van der Waals surface area contributed by atoms with Crippen molar-refractivity contribution in [2.24, 2.45) is 17.8 Å². The molecule has 4 saturated carbocycles. The molecule has 1 aromatic carbocycles. The van der Waals surface area contributed by atoms with Gasteiger partial charge in [0.15, 0.2) is 0 Å². The summed E-state index contributed by atoms with van der Waals surface area (Å²) in [6.07, 6.45) is 8.15. The Bertz CT molecular complexity index is 627. The Balaban J connectivity index is 1.18. The smallest absolute Gasteiger partial charge is 0.0717 e. The van der Waals surface area contributed by atoms with Crippen LogP contribution in [0.2, 0.25) is 0 Å². The van der Waals surface area contributed by atoms with E-state index >= 15 is 0 Å². The summed E-state index contributed by atoms with van der Waals surface area (Å²) in [6, 6.07) is 11.1. The van der Waals surface area contributed by atoms with Gasteiger partial charge in [-0.15, -0.1) is 0 Å². The number of nitrogens with one attached hydrogen (secondary N) is 2. The summed E-state index contributed by atoms with van der Waals surface area (Å²) < 4.78 is 6.14. The van der Waals surface area contributed by atoms with Crippen molar-refractivity contribution in [3.05, 3.63) is 35.9 Å². The molecule has 0 amide bonds. The summed E-state index contributed by atoms with van der Waals surface area (Å²) in [7, 11) is 0. The highest BCUT2D eigenvalue weighted by Gasteiger charge is 2.54. The lowest BCUT2D eigenvalue weighted by Crippen LogP contribution is -2.63. The summed E-state index contributed by atoms with van der Waals surface area (Å²) >= 11 is 0. The molecule has 1 heterocycles. The predicted molar refractivity (Wildman–Crippen MR) is 106 cm³/mol. The van der Waals surface area contributed by atoms with Crippen LogP contribution in [0.4, 0.5) is 0 Å². The SMILES string of the molecule is OC12CC3CC(C1)C(NCC1(COCc4ccccc4)CCCN1)C(C3)C2. The summed E-state index contributed by atoms with van der Waals surface area (Å²) in [4.78, 5) is 0. The maximum absolute atomic E-state index is 10.8. The molecule has 1 aliphatic heterocycles. The Hall–Kier alpha value is -0.940. The Labute approximate surface area is 163 Å². The average molecular weight is 371 g/mol. The van der Waals surface area contributed by atoms with Crippen LogP contribution < -0.4 is 10.6 Å². The van der Waals surface area contributed by atoms with Crippen molar-refractivity contribution in [1.82, 2.24) is 10.6 Å². The first kappa shape index (κ1) is 18.1. The van der Waals surface area contributed by atoms with E-state index in [2.05, 4.69) is 41.0 Å². The molecule has 4 bridgehead atoms. The van der Waals surface area contributed by atoms with E-state index in [-0.39, 0.29) is 11.1 Å². The van der Waals surface area contributed by atoms with Gasteiger partial charge in [0.2, 0.25) is 0 Å². The molecule has 4 heteroatoms. The summed E-state index contributed by atoms with van der Waals surface area (Å²) in [5, 5.41) is 18.5. The number of aliphatic hydroxyl groups is 1. The second kappa shape index (κ2) is 7.14. The number of hydrogen-bond donors (Lipinski definition) is 3. The van der Waals surface area contributed by atoms with Crippen LogP contribution in [0.3, 0.4) is 0 Å². The number of hydrogen-bond acceptors (Lipinski definition) is 4. The van der Waals surface area contributed by atoms with Gasteiger partial charge in [-0.2, -0.15) is 0 Å². The van der Waals surface area contributed by atoms with E-state index < -0.39 is 0 Å². The quantitative estimate of drug-likeness (QED) is 0.691. The maximum Gasteiger partial charge on any atom is 0.0717 e. The number of benzene rings is 1. The molecule has 148 valence electrons. The second-order valence-corrected chi connectivity index (χ2v) is 9.89. The van der Waals surface area contributed by atoms with Crippen LogP contribution in [0.5, 0.6) is 0 Å². The van der Waals surface area contributed by atoms with E-state index in [9.17, 15) is 5.11 Å². The molecule has 0 aromatic heterocycles. The third-order valence-corrected chi connectivity index (χ3v) is 7.74. The largest absolute Gasteiger partial charge is 0.390 e. The van der Waals surface area contributed by atoms with Crippen molar-refractivity contribution in [3.63, 3.8) is 0 Å². The second-order valence-electron chi connectivity index (χ2n) is 9.89. The molecule has 5 aliphatic rings. The maximum atomic E-state index is 10.8. The molecule has 0 spiro atoms. The highest BCUT2D eigenvalue weighted by atomic mass is 16.5. The number of rotatable bonds is 7. The minimum absolute atomic E-state index is 0.0698. The van der Waals surface area contributed by atoms with E-state index in [1.807, 2.05) is 0 Å². The average Bonchev–Trinajstić information content (AvgIpc) is 3.10. The predicted octanol–water partition coefficient (Wildman–Crippen LogP) is 2.85. The van der Waals surface area contributed by atoms with Gasteiger partial charge in [0.05, 0.1) is 24.4 Å². The molecule has 4 nitrogen and oxygen atoms in total. The third kappa shape index (κ3) is 3.69. The molecule has 4 aliphatic carbocycles. The lowest BCUT2D eigenvalue weighted by molar-refractivity contribution is -0.139. The Morgan fingerprint density at radius 3 is 2.56 bits per heavy atom. The first-order valence-corrected chi connectivity index (χ1v) is 11.0. The van der Waals surface area contributed by atoms with E-state index in [1.54, 1.807) is 0 Å². The molecule has 5 fully saturated rings. The molecule has 1 aromatic rings. The van der Waals surface area contributed by atoms with E-state index in [4.69, 9.17) is 4.74 Å². The highest BCUT2D eigenvalue weighted by molar-refractivity contribution is 5.13. The Morgan fingerprint density at radius 2 is 1.89 bits per heavy atom. The topological polar surface area (TPSA) is 53.5 Å². The fourth-order valence-electron chi connectivity index (χ4n) is 6.76. The highest BCUT2D eigenvalue weighted by Crippen LogP contribution is 2.55. The monoisotopic (exact) mass is 370 g/mol. The van der Waals surface area contributed by atoms with Gasteiger partial charge in [0.1, 0.15) is 0 Å². The van der Waals surface area contributed by atoms with E-state index in [0.29, 0.717) is 24.5 Å². The normalized spacial score (nSPS) is 42.7. The van der Waals surface area contributed by atoms with Gasteiger partial charge in [-0.1, -0.05) is 30.3 Å². The van der Waals surface area contributed by atoms with Crippen LogP contribution >= 0.6 is 0 Å². The van der Waals surface area contributed by atoms with E-state index in [1.165, 1.54) is 31.2 Å². The van der Waals surface area contributed by atoms with Crippen LogP contribution in [0, 0.1) is 17.8 Å². The van der Waals surface area contributed by atoms with Crippen LogP contribution in [-0.4, -0.2) is 42.0 Å². The number of ether oxygens (including phenoxy) is 1. The van der Waals surface area contributed by atoms with Crippen molar-refractivity contribution in [2.45, 2.75) is 68.7 Å². The van der Waals surface area contributed by atoms with Gasteiger partial charge < -0.3 is 20.5 Å². The van der Waals surface area contributed by atoms with Crippen molar-refractivity contribution in [2.75, 3.05) is 19.7 Å². The molecular weight excluding hydrogens is 336 g/mol. The molecule has 6 rings (SSSR count). The molecule has 3 unspecified atom stereocenters. The standard InChI is InChI=1S/C23H34N2O2/c26-23-11-18-9-19(12-23)21(20(10-18)13-23)24-15-22(7-4-8-25-22)16-27-14-17-5-2-1-3-6-17/h1-3,5-6,18-21,24-26H,4,7-16H2. The van der Waals surface area contributed by atoms with Crippen LogP contribution in [0.15, 0.2) is 30.3 Å². The molecule has 1 saturated heterocycles. The zero-order valence-electron chi connectivity index (χ0n) is 16.3. The Kier molecular flexibility index (Phi) is 4.79. The first-order chi connectivity index (χ1) is 13.1. The van der Waals surface area contributed by atoms with Crippen molar-refractivity contribution >= 4 is 0 Å². The minimum Gasteiger partial charge on any atom is -0.390 e. The minimum atomic E-state index is -0.337. The zero-order valence-corrected chi connectivity index (χ0v) is 16.3. The van der Waals surface area contributed by atoms with Gasteiger partial charge in [-0.3, -0.25) is 0 Å². The van der Waals surface area contributed by atoms with Crippen LogP contribution in [0.25, 0.3) is 0 Å². The molecule has 3 atom stereocenters. The lowest BCUT2D eigenvalue weighted by atomic mass is 9.52. The lowest BCUT2D eigenvalue weighted by Gasteiger charge is -2.58. The van der Waals surface area contributed by atoms with Crippen molar-refractivity contribution in [1.29, 1.82) is 0 Å². The fraction of sp³-hybridized carbons (Fsp3) is 0.739. The molecule has 27 heavy (non-hydrogen) atoms. The van der Waals surface area contributed by atoms with Crippen LogP contribution in [0.1, 0.15) is 50.5 Å². The third-order valence-electron chi connectivity index (χ3n) is 7.74. The first-order valence-electron chi connectivity index (χ1n) is 11.0. The van der Waals surface area contributed by atoms with Gasteiger partial charge in [-0.25, -0.2) is 0 Å².